The summed E-state index contributed by atoms with van der Waals surface area (Å²) in [7, 11) is 0. The van der Waals surface area contributed by atoms with E-state index >= 15 is 0 Å². The van der Waals surface area contributed by atoms with Crippen molar-refractivity contribution in [3.8, 4) is 0 Å². The van der Waals surface area contributed by atoms with Gasteiger partial charge >= 0.3 is 0 Å². The van der Waals surface area contributed by atoms with Gasteiger partial charge in [-0.05, 0) is 6.92 Å². The van der Waals surface area contributed by atoms with Gasteiger partial charge in [0, 0.05) is 23.9 Å². The van der Waals surface area contributed by atoms with Crippen LogP contribution in [0.2, 0.25) is 0 Å². The number of nitrogens with zero attached hydrogens (tertiary/aromatic N) is 1. The minimum atomic E-state index is 0.438. The molecule has 0 spiro atoms. The lowest BCUT2D eigenvalue weighted by Gasteiger charge is -2.18. The van der Waals surface area contributed by atoms with Gasteiger partial charge in [0.05, 0.1) is 5.69 Å². The maximum absolute atomic E-state index is 5.60. The van der Waals surface area contributed by atoms with Gasteiger partial charge in [-0.15, -0.1) is 11.3 Å². The zero-order valence-electron chi connectivity index (χ0n) is 6.42. The quantitative estimate of drug-likeness (QED) is 0.607. The standard InChI is InChI=1S/C7H11N3S/c1-4-6-5(2-3-9-4)10-7(8)11-6/h4,9H,2-3H2,1H3,(H2,8,10)/t4-/m1/s1. The van der Waals surface area contributed by atoms with Crippen LogP contribution in [0, 0.1) is 0 Å². The molecule has 2 rings (SSSR count). The van der Waals surface area contributed by atoms with E-state index in [-0.39, 0.29) is 0 Å². The Morgan fingerprint density at radius 3 is 3.27 bits per heavy atom. The third-order valence-electron chi connectivity index (χ3n) is 1.95. The summed E-state index contributed by atoms with van der Waals surface area (Å²) in [6.07, 6.45) is 1.02. The Morgan fingerprint density at radius 2 is 2.55 bits per heavy atom. The number of thiazole rings is 1. The Balaban J connectivity index is 2.43. The van der Waals surface area contributed by atoms with Crippen LogP contribution in [-0.2, 0) is 6.42 Å². The first kappa shape index (κ1) is 7.06. The van der Waals surface area contributed by atoms with Crippen LogP contribution in [0.1, 0.15) is 23.5 Å². The Labute approximate surface area is 69.6 Å². The van der Waals surface area contributed by atoms with Crippen molar-refractivity contribution in [2.75, 3.05) is 12.3 Å². The molecule has 2 heterocycles. The molecule has 60 valence electrons. The van der Waals surface area contributed by atoms with Gasteiger partial charge < -0.3 is 11.1 Å². The fourth-order valence-electron chi connectivity index (χ4n) is 1.40. The van der Waals surface area contributed by atoms with Gasteiger partial charge in [-0.3, -0.25) is 0 Å². The molecular weight excluding hydrogens is 158 g/mol. The van der Waals surface area contributed by atoms with Gasteiger partial charge in [-0.1, -0.05) is 0 Å². The molecule has 0 unspecified atom stereocenters. The van der Waals surface area contributed by atoms with Crippen molar-refractivity contribution >= 4 is 16.5 Å². The summed E-state index contributed by atoms with van der Waals surface area (Å²) in [5.41, 5.74) is 6.79. The lowest BCUT2D eigenvalue weighted by atomic mass is 10.1. The van der Waals surface area contributed by atoms with Crippen molar-refractivity contribution in [3.63, 3.8) is 0 Å². The summed E-state index contributed by atoms with van der Waals surface area (Å²) in [4.78, 5) is 5.57. The van der Waals surface area contributed by atoms with E-state index in [2.05, 4.69) is 17.2 Å². The Morgan fingerprint density at radius 1 is 1.73 bits per heavy atom. The average molecular weight is 169 g/mol. The molecule has 3 N–H and O–H groups in total. The monoisotopic (exact) mass is 169 g/mol. The summed E-state index contributed by atoms with van der Waals surface area (Å²) in [6.45, 7) is 3.17. The predicted octanol–water partition coefficient (Wildman–Crippen LogP) is 0.932. The van der Waals surface area contributed by atoms with E-state index in [9.17, 15) is 0 Å². The van der Waals surface area contributed by atoms with E-state index in [4.69, 9.17) is 5.73 Å². The number of nitrogens with two attached hydrogens (primary N) is 1. The van der Waals surface area contributed by atoms with E-state index in [0.717, 1.165) is 13.0 Å². The number of nitrogen functional groups attached to an aromatic ring is 1. The number of hydrogen-bond donors (Lipinski definition) is 2. The van der Waals surface area contributed by atoms with Gasteiger partial charge in [0.15, 0.2) is 5.13 Å². The molecule has 1 aromatic rings. The number of hydrogen-bond acceptors (Lipinski definition) is 4. The molecule has 0 saturated carbocycles. The second-order valence-corrected chi connectivity index (χ2v) is 3.85. The summed E-state index contributed by atoms with van der Waals surface area (Å²) in [6, 6.07) is 0.438. The molecule has 1 aliphatic rings. The predicted molar refractivity (Wildman–Crippen MR) is 46.6 cm³/mol. The number of aromatic nitrogens is 1. The van der Waals surface area contributed by atoms with Crippen LogP contribution in [0.15, 0.2) is 0 Å². The van der Waals surface area contributed by atoms with Gasteiger partial charge in [-0.2, -0.15) is 0 Å². The SMILES string of the molecule is C[C@H]1NCCc2nc(N)sc21. The summed E-state index contributed by atoms with van der Waals surface area (Å²) in [5, 5.41) is 4.07. The van der Waals surface area contributed by atoms with Crippen molar-refractivity contribution in [1.29, 1.82) is 0 Å². The number of fused-ring (bicyclic) bond motifs is 1. The molecule has 0 bridgehead atoms. The third kappa shape index (κ3) is 1.12. The Kier molecular flexibility index (Phi) is 1.58. The van der Waals surface area contributed by atoms with E-state index in [1.165, 1.54) is 10.6 Å². The van der Waals surface area contributed by atoms with Gasteiger partial charge in [0.1, 0.15) is 0 Å². The van der Waals surface area contributed by atoms with Crippen LogP contribution < -0.4 is 11.1 Å². The van der Waals surface area contributed by atoms with Crippen LogP contribution in [0.25, 0.3) is 0 Å². The Bertz CT molecular complexity index is 269. The normalized spacial score (nSPS) is 23.2. The molecule has 0 saturated heterocycles. The number of rotatable bonds is 0. The van der Waals surface area contributed by atoms with Gasteiger partial charge in [0.2, 0.25) is 0 Å². The maximum Gasteiger partial charge on any atom is 0.180 e. The topological polar surface area (TPSA) is 50.9 Å². The largest absolute Gasteiger partial charge is 0.375 e. The number of nitrogens with one attached hydrogen (secondary N) is 1. The van der Waals surface area contributed by atoms with E-state index in [1.807, 2.05) is 0 Å². The minimum absolute atomic E-state index is 0.438. The first-order chi connectivity index (χ1) is 5.27. The third-order valence-corrected chi connectivity index (χ3v) is 3.06. The van der Waals surface area contributed by atoms with E-state index in [1.54, 1.807) is 11.3 Å². The maximum atomic E-state index is 5.60. The van der Waals surface area contributed by atoms with E-state index in [0.29, 0.717) is 11.2 Å². The zero-order chi connectivity index (χ0) is 7.84. The molecule has 0 aromatic carbocycles. The van der Waals surface area contributed by atoms with Crippen LogP contribution in [-0.4, -0.2) is 11.5 Å². The Hall–Kier alpha value is -0.610. The van der Waals surface area contributed by atoms with Gasteiger partial charge in [0.25, 0.3) is 0 Å². The molecule has 1 atom stereocenters. The van der Waals surface area contributed by atoms with Crippen molar-refractivity contribution in [3.05, 3.63) is 10.6 Å². The van der Waals surface area contributed by atoms with Crippen molar-refractivity contribution < 1.29 is 0 Å². The molecule has 3 nitrogen and oxygen atoms in total. The highest BCUT2D eigenvalue weighted by molar-refractivity contribution is 7.15. The smallest absolute Gasteiger partial charge is 0.180 e. The second kappa shape index (κ2) is 2.46. The highest BCUT2D eigenvalue weighted by atomic mass is 32.1. The van der Waals surface area contributed by atoms with Crippen LogP contribution in [0.4, 0.5) is 5.13 Å². The first-order valence-electron chi connectivity index (χ1n) is 3.76. The van der Waals surface area contributed by atoms with Crippen LogP contribution >= 0.6 is 11.3 Å². The van der Waals surface area contributed by atoms with Gasteiger partial charge in [-0.25, -0.2) is 4.98 Å². The lowest BCUT2D eigenvalue weighted by molar-refractivity contribution is 0.545. The molecular formula is C7H11N3S. The fourth-order valence-corrected chi connectivity index (χ4v) is 2.31. The van der Waals surface area contributed by atoms with Crippen LogP contribution in [0.3, 0.4) is 0 Å². The molecule has 0 radical (unpaired) electrons. The summed E-state index contributed by atoms with van der Waals surface area (Å²) < 4.78 is 0. The van der Waals surface area contributed by atoms with Crippen molar-refractivity contribution in [1.82, 2.24) is 10.3 Å². The first-order valence-corrected chi connectivity index (χ1v) is 4.57. The molecule has 0 fully saturated rings. The molecule has 0 amide bonds. The fraction of sp³-hybridized carbons (Fsp3) is 0.571. The molecule has 1 aliphatic heterocycles. The average Bonchev–Trinajstić information content (AvgIpc) is 2.31. The molecule has 0 aliphatic carbocycles. The molecule has 11 heavy (non-hydrogen) atoms. The lowest BCUT2D eigenvalue weighted by Crippen LogP contribution is -2.26. The highest BCUT2D eigenvalue weighted by Gasteiger charge is 2.19. The van der Waals surface area contributed by atoms with Crippen molar-refractivity contribution in [2.45, 2.75) is 19.4 Å². The van der Waals surface area contributed by atoms with Crippen molar-refractivity contribution in [2.24, 2.45) is 0 Å². The van der Waals surface area contributed by atoms with E-state index < -0.39 is 0 Å². The highest BCUT2D eigenvalue weighted by Crippen LogP contribution is 2.29. The summed E-state index contributed by atoms with van der Waals surface area (Å²) >= 11 is 1.60. The minimum Gasteiger partial charge on any atom is -0.375 e. The molecule has 4 heteroatoms. The second-order valence-electron chi connectivity index (χ2n) is 2.79. The zero-order valence-corrected chi connectivity index (χ0v) is 7.24. The summed E-state index contributed by atoms with van der Waals surface area (Å²) in [5.74, 6) is 0. The molecule has 1 aromatic heterocycles. The van der Waals surface area contributed by atoms with Crippen LogP contribution in [0.5, 0.6) is 0 Å². The number of anilines is 1.